The van der Waals surface area contributed by atoms with Crippen LogP contribution in [0.5, 0.6) is 0 Å². The number of nitriles is 1. The molecule has 0 atom stereocenters. The highest BCUT2D eigenvalue weighted by Gasteiger charge is 2.11. The van der Waals surface area contributed by atoms with Crippen molar-refractivity contribution in [3.8, 4) is 17.2 Å². The molecule has 0 saturated carbocycles. The molecule has 0 radical (unpaired) electrons. The van der Waals surface area contributed by atoms with E-state index in [0.717, 1.165) is 38.9 Å². The van der Waals surface area contributed by atoms with E-state index in [4.69, 9.17) is 0 Å². The first-order valence-corrected chi connectivity index (χ1v) is 10.6. The Bertz CT molecular complexity index is 1430. The smallest absolute Gasteiger partial charge is 0.0996 e. The molecule has 0 spiro atoms. The standard InChI is InChI=1S/C24H18N6.C2H6/c1-30-9-5-16-2-3-17(10-23(16)30)21-11-20(12-22-24(21)28-8-7-27-22)29-15-19-14-26-6-4-18(19)13-25;1-2/h2-12,14,29H,15H2,1H3;1-2H3. The fourth-order valence-corrected chi connectivity index (χ4v) is 3.70. The molecule has 32 heavy (non-hydrogen) atoms. The molecule has 1 N–H and O–H groups in total. The fourth-order valence-electron chi connectivity index (χ4n) is 3.70. The number of anilines is 1. The Morgan fingerprint density at radius 3 is 2.69 bits per heavy atom. The Balaban J connectivity index is 0.00000119. The Kier molecular flexibility index (Phi) is 6.09. The quantitative estimate of drug-likeness (QED) is 0.404. The molecule has 3 heterocycles. The van der Waals surface area contributed by atoms with Gasteiger partial charge in [0.15, 0.2) is 0 Å². The van der Waals surface area contributed by atoms with Gasteiger partial charge in [0.1, 0.15) is 0 Å². The number of nitrogens with one attached hydrogen (secondary N) is 1. The van der Waals surface area contributed by atoms with Gasteiger partial charge in [-0.15, -0.1) is 0 Å². The van der Waals surface area contributed by atoms with Crippen molar-refractivity contribution in [1.82, 2.24) is 19.5 Å². The van der Waals surface area contributed by atoms with Crippen LogP contribution in [0, 0.1) is 11.3 Å². The van der Waals surface area contributed by atoms with Crippen molar-refractivity contribution in [2.24, 2.45) is 7.05 Å². The summed E-state index contributed by atoms with van der Waals surface area (Å²) in [6, 6.07) is 16.5. The fraction of sp³-hybridized carbons (Fsp3) is 0.154. The molecule has 0 amide bonds. The summed E-state index contributed by atoms with van der Waals surface area (Å²) in [4.78, 5) is 13.2. The zero-order chi connectivity index (χ0) is 22.5. The zero-order valence-electron chi connectivity index (χ0n) is 18.4. The van der Waals surface area contributed by atoms with Crippen LogP contribution in [-0.4, -0.2) is 19.5 Å². The van der Waals surface area contributed by atoms with E-state index in [9.17, 15) is 5.26 Å². The maximum atomic E-state index is 9.32. The van der Waals surface area contributed by atoms with E-state index < -0.39 is 0 Å². The highest BCUT2D eigenvalue weighted by atomic mass is 14.9. The third-order valence-electron chi connectivity index (χ3n) is 5.28. The van der Waals surface area contributed by atoms with Gasteiger partial charge in [-0.05, 0) is 41.3 Å². The first-order chi connectivity index (χ1) is 15.7. The number of pyridine rings is 1. The van der Waals surface area contributed by atoms with E-state index in [1.54, 1.807) is 30.9 Å². The molecule has 5 rings (SSSR count). The number of hydrogen-bond acceptors (Lipinski definition) is 5. The van der Waals surface area contributed by atoms with Crippen molar-refractivity contribution >= 4 is 27.6 Å². The van der Waals surface area contributed by atoms with Crippen molar-refractivity contribution < 1.29 is 0 Å². The number of nitrogens with zero attached hydrogens (tertiary/aromatic N) is 5. The van der Waals surface area contributed by atoms with Crippen LogP contribution in [0.2, 0.25) is 0 Å². The summed E-state index contributed by atoms with van der Waals surface area (Å²) in [6.07, 6.45) is 8.83. The third kappa shape index (κ3) is 4.01. The molecule has 6 nitrogen and oxygen atoms in total. The number of benzene rings is 2. The normalized spacial score (nSPS) is 10.4. The second-order valence-corrected chi connectivity index (χ2v) is 7.15. The maximum Gasteiger partial charge on any atom is 0.0996 e. The molecule has 0 aliphatic rings. The molecule has 0 unspecified atom stereocenters. The summed E-state index contributed by atoms with van der Waals surface area (Å²) in [5.41, 5.74) is 7.32. The summed E-state index contributed by atoms with van der Waals surface area (Å²) < 4.78 is 2.11. The lowest BCUT2D eigenvalue weighted by molar-refractivity contribution is 0.969. The summed E-state index contributed by atoms with van der Waals surface area (Å²) in [7, 11) is 2.04. The van der Waals surface area contributed by atoms with Gasteiger partial charge in [0.05, 0.1) is 22.7 Å². The molecule has 0 aliphatic heterocycles. The lowest BCUT2D eigenvalue weighted by atomic mass is 10.0. The molecule has 0 saturated heterocycles. The van der Waals surface area contributed by atoms with Crippen LogP contribution >= 0.6 is 0 Å². The van der Waals surface area contributed by atoms with Gasteiger partial charge < -0.3 is 9.88 Å². The summed E-state index contributed by atoms with van der Waals surface area (Å²) >= 11 is 0. The molecule has 2 aromatic carbocycles. The predicted octanol–water partition coefficient (Wildman–Crippen LogP) is 5.69. The van der Waals surface area contributed by atoms with Gasteiger partial charge in [-0.3, -0.25) is 15.0 Å². The molecule has 0 fully saturated rings. The van der Waals surface area contributed by atoms with Crippen LogP contribution in [-0.2, 0) is 13.6 Å². The Morgan fingerprint density at radius 1 is 1.00 bits per heavy atom. The Morgan fingerprint density at radius 2 is 1.84 bits per heavy atom. The molecule has 158 valence electrons. The molecule has 0 bridgehead atoms. The summed E-state index contributed by atoms with van der Waals surface area (Å²) in [5.74, 6) is 0. The molecule has 0 aliphatic carbocycles. The summed E-state index contributed by atoms with van der Waals surface area (Å²) in [5, 5.41) is 13.9. The number of aryl methyl sites for hydroxylation is 1. The minimum absolute atomic E-state index is 0.499. The highest BCUT2D eigenvalue weighted by Crippen LogP contribution is 2.32. The van der Waals surface area contributed by atoms with Crippen molar-refractivity contribution in [1.29, 1.82) is 5.26 Å². The van der Waals surface area contributed by atoms with Crippen LogP contribution in [0.15, 0.2) is 73.4 Å². The molecule has 5 aromatic rings. The van der Waals surface area contributed by atoms with Gasteiger partial charge in [-0.2, -0.15) is 5.26 Å². The van der Waals surface area contributed by atoms with E-state index in [-0.39, 0.29) is 0 Å². The van der Waals surface area contributed by atoms with E-state index in [2.05, 4.69) is 67.4 Å². The predicted molar refractivity (Wildman–Crippen MR) is 129 cm³/mol. The molecule has 3 aromatic heterocycles. The van der Waals surface area contributed by atoms with Crippen molar-refractivity contribution in [3.63, 3.8) is 0 Å². The molecular weight excluding hydrogens is 396 g/mol. The first kappa shape index (κ1) is 21.0. The largest absolute Gasteiger partial charge is 0.381 e. The second kappa shape index (κ2) is 9.27. The first-order valence-electron chi connectivity index (χ1n) is 10.6. The highest BCUT2D eigenvalue weighted by molar-refractivity contribution is 5.97. The lowest BCUT2D eigenvalue weighted by Gasteiger charge is -2.12. The average Bonchev–Trinajstić information content (AvgIpc) is 3.23. The maximum absolute atomic E-state index is 9.32. The minimum Gasteiger partial charge on any atom is -0.381 e. The van der Waals surface area contributed by atoms with Crippen molar-refractivity contribution in [2.75, 3.05) is 5.32 Å². The third-order valence-corrected chi connectivity index (χ3v) is 5.28. The Labute approximate surface area is 187 Å². The van der Waals surface area contributed by atoms with Crippen LogP contribution in [0.4, 0.5) is 5.69 Å². The number of aromatic nitrogens is 4. The monoisotopic (exact) mass is 420 g/mol. The van der Waals surface area contributed by atoms with Gasteiger partial charge in [0.2, 0.25) is 0 Å². The molecule has 6 heteroatoms. The van der Waals surface area contributed by atoms with Gasteiger partial charge in [0.25, 0.3) is 0 Å². The number of rotatable bonds is 4. The second-order valence-electron chi connectivity index (χ2n) is 7.15. The topological polar surface area (TPSA) is 79.4 Å². The number of hydrogen-bond donors (Lipinski definition) is 1. The van der Waals surface area contributed by atoms with Crippen LogP contribution in [0.3, 0.4) is 0 Å². The van der Waals surface area contributed by atoms with Crippen LogP contribution < -0.4 is 5.32 Å². The average molecular weight is 421 g/mol. The Hall–Kier alpha value is -4.24. The van der Waals surface area contributed by atoms with Gasteiger partial charge in [-0.1, -0.05) is 26.0 Å². The molecular formula is C26H24N6. The van der Waals surface area contributed by atoms with Gasteiger partial charge in [0, 0.05) is 66.9 Å². The van der Waals surface area contributed by atoms with Gasteiger partial charge in [-0.25, -0.2) is 0 Å². The van der Waals surface area contributed by atoms with E-state index in [0.29, 0.717) is 12.1 Å². The SMILES string of the molecule is CC.Cn1ccc2ccc(-c3cc(NCc4cnccc4C#N)cc4nccnc34)cc21. The van der Waals surface area contributed by atoms with Crippen LogP contribution in [0.25, 0.3) is 33.1 Å². The van der Waals surface area contributed by atoms with Crippen LogP contribution in [0.1, 0.15) is 25.0 Å². The minimum atomic E-state index is 0.499. The summed E-state index contributed by atoms with van der Waals surface area (Å²) in [6.45, 7) is 4.50. The lowest BCUT2D eigenvalue weighted by Crippen LogP contribution is -2.03. The van der Waals surface area contributed by atoms with E-state index >= 15 is 0 Å². The van der Waals surface area contributed by atoms with E-state index in [1.807, 2.05) is 27.0 Å². The van der Waals surface area contributed by atoms with E-state index in [1.165, 1.54) is 5.39 Å². The number of fused-ring (bicyclic) bond motifs is 2. The zero-order valence-corrected chi connectivity index (χ0v) is 18.4. The van der Waals surface area contributed by atoms with Crippen molar-refractivity contribution in [3.05, 3.63) is 84.6 Å². The van der Waals surface area contributed by atoms with Gasteiger partial charge >= 0.3 is 0 Å². The van der Waals surface area contributed by atoms with Crippen molar-refractivity contribution in [2.45, 2.75) is 20.4 Å².